The number of rotatable bonds is 4. The number of hydrogen-bond acceptors (Lipinski definition) is 4. The predicted molar refractivity (Wildman–Crippen MR) is 91.8 cm³/mol. The second kappa shape index (κ2) is 7.00. The van der Waals surface area contributed by atoms with Crippen LogP contribution in [-0.4, -0.2) is 40.0 Å². The molecule has 2 aromatic rings. The Morgan fingerprint density at radius 2 is 1.92 bits per heavy atom. The van der Waals surface area contributed by atoms with Crippen LogP contribution in [0.15, 0.2) is 33.9 Å². The van der Waals surface area contributed by atoms with E-state index in [2.05, 4.69) is 4.98 Å². The summed E-state index contributed by atoms with van der Waals surface area (Å²) in [5.74, 6) is 0.535. The molecule has 7 nitrogen and oxygen atoms in total. The summed E-state index contributed by atoms with van der Waals surface area (Å²) in [7, 11) is 0. The third kappa shape index (κ3) is 3.26. The van der Waals surface area contributed by atoms with Crippen molar-refractivity contribution in [1.82, 2.24) is 14.5 Å². The number of benzene rings is 1. The Labute approximate surface area is 139 Å². The van der Waals surface area contributed by atoms with Crippen LogP contribution in [0.4, 0.5) is 0 Å². The van der Waals surface area contributed by atoms with Gasteiger partial charge in [0, 0.05) is 26.1 Å². The van der Waals surface area contributed by atoms with E-state index in [1.807, 2.05) is 4.90 Å². The lowest BCUT2D eigenvalue weighted by Crippen LogP contribution is -2.41. The first-order chi connectivity index (χ1) is 11.6. The zero-order valence-corrected chi connectivity index (χ0v) is 13.5. The standard InChI is InChI=1S/C17H22N4O3/c18-11-12-5-8-20(9-6-12)15(22)7-10-21-14-4-2-1-3-13(14)16(23)19-17(21)24/h1-4,12H,5-11,18H2,(H,19,23,24). The number of likely N-dealkylation sites (tertiary alicyclic amines) is 1. The van der Waals surface area contributed by atoms with Gasteiger partial charge in [-0.3, -0.25) is 19.1 Å². The molecule has 1 aromatic heterocycles. The fourth-order valence-corrected chi connectivity index (χ4v) is 3.25. The van der Waals surface area contributed by atoms with Crippen LogP contribution >= 0.6 is 0 Å². The highest BCUT2D eigenvalue weighted by Gasteiger charge is 2.21. The topological polar surface area (TPSA) is 101 Å². The van der Waals surface area contributed by atoms with Gasteiger partial charge in [0.25, 0.3) is 5.56 Å². The van der Waals surface area contributed by atoms with Gasteiger partial charge in [-0.05, 0) is 37.4 Å². The number of nitrogens with zero attached hydrogens (tertiary/aromatic N) is 2. The summed E-state index contributed by atoms with van der Waals surface area (Å²) < 4.78 is 1.46. The number of aromatic amines is 1. The molecule has 1 amide bonds. The summed E-state index contributed by atoms with van der Waals surface area (Å²) in [4.78, 5) is 40.5. The third-order valence-corrected chi connectivity index (χ3v) is 4.75. The number of aryl methyl sites for hydroxylation is 1. The van der Waals surface area contributed by atoms with Crippen molar-refractivity contribution in [2.45, 2.75) is 25.8 Å². The van der Waals surface area contributed by atoms with Crippen LogP contribution in [0.3, 0.4) is 0 Å². The van der Waals surface area contributed by atoms with E-state index in [1.165, 1.54) is 4.57 Å². The third-order valence-electron chi connectivity index (χ3n) is 4.75. The number of H-pyrrole nitrogens is 1. The SMILES string of the molecule is NCC1CCN(C(=O)CCn2c(=O)[nH]c(=O)c3ccccc32)CC1. The molecule has 2 heterocycles. The van der Waals surface area contributed by atoms with Gasteiger partial charge in [-0.25, -0.2) is 4.79 Å². The molecule has 0 saturated carbocycles. The van der Waals surface area contributed by atoms with E-state index >= 15 is 0 Å². The largest absolute Gasteiger partial charge is 0.343 e. The zero-order chi connectivity index (χ0) is 17.1. The number of piperidine rings is 1. The highest BCUT2D eigenvalue weighted by Crippen LogP contribution is 2.16. The Morgan fingerprint density at radius 3 is 2.62 bits per heavy atom. The van der Waals surface area contributed by atoms with Gasteiger partial charge in [0.2, 0.25) is 5.91 Å². The Balaban J connectivity index is 1.73. The fraction of sp³-hybridized carbons (Fsp3) is 0.471. The van der Waals surface area contributed by atoms with Crippen molar-refractivity contribution in [1.29, 1.82) is 0 Å². The van der Waals surface area contributed by atoms with Crippen LogP contribution in [0.2, 0.25) is 0 Å². The molecule has 0 spiro atoms. The van der Waals surface area contributed by atoms with Crippen molar-refractivity contribution in [3.8, 4) is 0 Å². The maximum absolute atomic E-state index is 12.4. The summed E-state index contributed by atoms with van der Waals surface area (Å²) in [6, 6.07) is 6.92. The monoisotopic (exact) mass is 330 g/mol. The van der Waals surface area contributed by atoms with Crippen LogP contribution in [0.1, 0.15) is 19.3 Å². The van der Waals surface area contributed by atoms with E-state index in [4.69, 9.17) is 5.73 Å². The van der Waals surface area contributed by atoms with Crippen molar-refractivity contribution < 1.29 is 4.79 Å². The summed E-state index contributed by atoms with van der Waals surface area (Å²) in [6.07, 6.45) is 2.11. The van der Waals surface area contributed by atoms with Crippen molar-refractivity contribution >= 4 is 16.8 Å². The van der Waals surface area contributed by atoms with Gasteiger partial charge in [0.1, 0.15) is 0 Å². The van der Waals surface area contributed by atoms with Crippen LogP contribution in [0, 0.1) is 5.92 Å². The first-order valence-corrected chi connectivity index (χ1v) is 8.30. The Hall–Kier alpha value is -2.41. The number of carbonyl (C=O) groups is 1. The number of para-hydroxylation sites is 1. The molecule has 3 rings (SSSR count). The molecule has 0 aliphatic carbocycles. The Morgan fingerprint density at radius 1 is 1.21 bits per heavy atom. The van der Waals surface area contributed by atoms with Crippen molar-refractivity contribution in [2.24, 2.45) is 11.7 Å². The zero-order valence-electron chi connectivity index (χ0n) is 13.5. The first kappa shape index (κ1) is 16.4. The first-order valence-electron chi connectivity index (χ1n) is 8.30. The van der Waals surface area contributed by atoms with E-state index in [1.54, 1.807) is 24.3 Å². The van der Waals surface area contributed by atoms with Gasteiger partial charge < -0.3 is 10.6 Å². The van der Waals surface area contributed by atoms with Crippen molar-refractivity contribution in [3.63, 3.8) is 0 Å². The van der Waals surface area contributed by atoms with Crippen molar-refractivity contribution in [3.05, 3.63) is 45.1 Å². The van der Waals surface area contributed by atoms with Gasteiger partial charge in [-0.2, -0.15) is 0 Å². The van der Waals surface area contributed by atoms with E-state index in [0.717, 1.165) is 25.9 Å². The van der Waals surface area contributed by atoms with E-state index in [0.29, 0.717) is 23.4 Å². The van der Waals surface area contributed by atoms with Crippen LogP contribution in [-0.2, 0) is 11.3 Å². The van der Waals surface area contributed by atoms with Gasteiger partial charge >= 0.3 is 5.69 Å². The van der Waals surface area contributed by atoms with E-state index in [-0.39, 0.29) is 18.9 Å². The highest BCUT2D eigenvalue weighted by atomic mass is 16.2. The number of amides is 1. The number of carbonyl (C=O) groups excluding carboxylic acids is 1. The fourth-order valence-electron chi connectivity index (χ4n) is 3.25. The second-order valence-corrected chi connectivity index (χ2v) is 6.24. The van der Waals surface area contributed by atoms with Crippen LogP contribution in [0.5, 0.6) is 0 Å². The van der Waals surface area contributed by atoms with Gasteiger partial charge in [0.05, 0.1) is 10.9 Å². The molecular formula is C17H22N4O3. The van der Waals surface area contributed by atoms with E-state index < -0.39 is 11.2 Å². The molecule has 128 valence electrons. The average Bonchev–Trinajstić information content (AvgIpc) is 2.61. The average molecular weight is 330 g/mol. The summed E-state index contributed by atoms with van der Waals surface area (Å²) in [5.41, 5.74) is 5.35. The number of fused-ring (bicyclic) bond motifs is 1. The van der Waals surface area contributed by atoms with Gasteiger partial charge in [-0.1, -0.05) is 12.1 Å². The van der Waals surface area contributed by atoms with Gasteiger partial charge in [0.15, 0.2) is 0 Å². The van der Waals surface area contributed by atoms with Gasteiger partial charge in [-0.15, -0.1) is 0 Å². The molecule has 0 radical (unpaired) electrons. The number of nitrogens with one attached hydrogen (secondary N) is 1. The maximum Gasteiger partial charge on any atom is 0.328 e. The molecular weight excluding hydrogens is 308 g/mol. The Kier molecular flexibility index (Phi) is 4.80. The Bertz CT molecular complexity index is 847. The van der Waals surface area contributed by atoms with Crippen molar-refractivity contribution in [2.75, 3.05) is 19.6 Å². The van der Waals surface area contributed by atoms with E-state index in [9.17, 15) is 14.4 Å². The molecule has 7 heteroatoms. The second-order valence-electron chi connectivity index (χ2n) is 6.24. The molecule has 1 fully saturated rings. The summed E-state index contributed by atoms with van der Waals surface area (Å²) in [6.45, 7) is 2.37. The minimum absolute atomic E-state index is 0.0349. The minimum Gasteiger partial charge on any atom is -0.343 e. The molecule has 1 saturated heterocycles. The number of hydrogen-bond donors (Lipinski definition) is 2. The van der Waals surface area contributed by atoms with Crippen LogP contribution < -0.4 is 17.0 Å². The molecule has 1 aromatic carbocycles. The summed E-state index contributed by atoms with van der Waals surface area (Å²) in [5, 5.41) is 0.452. The lowest BCUT2D eigenvalue weighted by Gasteiger charge is -2.31. The number of aromatic nitrogens is 2. The smallest absolute Gasteiger partial charge is 0.328 e. The number of nitrogens with two attached hydrogens (primary N) is 1. The molecule has 1 aliphatic heterocycles. The lowest BCUT2D eigenvalue weighted by atomic mass is 9.97. The summed E-state index contributed by atoms with van der Waals surface area (Å²) >= 11 is 0. The van der Waals surface area contributed by atoms with Crippen LogP contribution in [0.25, 0.3) is 10.9 Å². The molecule has 0 atom stereocenters. The maximum atomic E-state index is 12.4. The molecule has 24 heavy (non-hydrogen) atoms. The molecule has 0 unspecified atom stereocenters. The quantitative estimate of drug-likeness (QED) is 0.840. The minimum atomic E-state index is -0.478. The normalized spacial score (nSPS) is 15.8. The molecule has 1 aliphatic rings. The highest BCUT2D eigenvalue weighted by molar-refractivity contribution is 5.79. The predicted octanol–water partition coefficient (Wildman–Crippen LogP) is 0.277. The molecule has 3 N–H and O–H groups in total. The molecule has 0 bridgehead atoms. The lowest BCUT2D eigenvalue weighted by molar-refractivity contribution is -0.132.